The second kappa shape index (κ2) is 11.4. The highest BCUT2D eigenvalue weighted by atomic mass is 16.2. The summed E-state index contributed by atoms with van der Waals surface area (Å²) in [5, 5.41) is 7.62. The molecule has 0 atom stereocenters. The zero-order chi connectivity index (χ0) is 38.3. The Labute approximate surface area is 312 Å². The summed E-state index contributed by atoms with van der Waals surface area (Å²) in [5.74, 6) is 0. The Hall–Kier alpha value is -6.22. The van der Waals surface area contributed by atoms with Crippen LogP contribution in [-0.4, -0.2) is 13.7 Å². The first-order chi connectivity index (χ1) is 26.6. The summed E-state index contributed by atoms with van der Waals surface area (Å²) in [6.45, 7) is 9.83. The minimum Gasteiger partial charge on any atom is -0.271 e. The normalized spacial score (nSPS) is 12.9. The molecule has 9 nitrogen and oxygen atoms in total. The highest BCUT2D eigenvalue weighted by molar-refractivity contribution is 6.48. The number of aromatic nitrogens is 3. The Morgan fingerprint density at radius 2 is 0.745 bits per heavy atom. The predicted octanol–water partition coefficient (Wildman–Crippen LogP) is 7.94. The van der Waals surface area contributed by atoms with Crippen molar-refractivity contribution in [2.45, 2.75) is 78.8 Å². The van der Waals surface area contributed by atoms with Crippen molar-refractivity contribution in [2.24, 2.45) is 0 Å². The van der Waals surface area contributed by atoms with Gasteiger partial charge in [0.1, 0.15) is 0 Å². The van der Waals surface area contributed by atoms with Crippen LogP contribution in [-0.2, 0) is 6.42 Å². The number of hydrogen-bond donors (Lipinski definition) is 0. The van der Waals surface area contributed by atoms with E-state index >= 15 is 0 Å². The molecule has 10 rings (SSSR count). The van der Waals surface area contributed by atoms with E-state index in [1.165, 1.54) is 13.7 Å². The number of nitrogens with zero attached hydrogens (tertiary/aromatic N) is 3. The fourth-order valence-corrected chi connectivity index (χ4v) is 10.0. The van der Waals surface area contributed by atoms with Crippen molar-refractivity contribution in [1.29, 1.82) is 0 Å². The standard InChI is InChI=1S/C46H37N3O6/c1-6-21-11-13-24(14-12-21)49-45(54)39-29-19-31-33-27(41(50)47(43(31)52)22(7-2)8-3)17-15-25-26-16-18-28-34-32(44(53)48(42(28)51)23(9-4)10-5)20-30(40(39)46(49)55)38(36(26)34)37(29)35(25)33/h11-20,22-23H,6-10H2,1-5H3. The Morgan fingerprint density at radius 1 is 0.382 bits per heavy atom. The molecular weight excluding hydrogens is 691 g/mol. The molecule has 0 bridgehead atoms. The third kappa shape index (κ3) is 3.92. The molecule has 0 spiro atoms. The Kier molecular flexibility index (Phi) is 6.91. The summed E-state index contributed by atoms with van der Waals surface area (Å²) < 4.78 is 3.89. The summed E-state index contributed by atoms with van der Waals surface area (Å²) in [7, 11) is 0. The minimum atomic E-state index is -0.528. The van der Waals surface area contributed by atoms with Crippen LogP contribution in [0.1, 0.15) is 77.9 Å². The quantitative estimate of drug-likeness (QED) is 0.116. The van der Waals surface area contributed by atoms with Gasteiger partial charge in [0.2, 0.25) is 0 Å². The molecule has 0 saturated heterocycles. The molecule has 0 amide bonds. The highest BCUT2D eigenvalue weighted by Gasteiger charge is 2.31. The molecule has 272 valence electrons. The van der Waals surface area contributed by atoms with Gasteiger partial charge in [0, 0.05) is 44.4 Å². The number of fused-ring (bicyclic) bond motifs is 4. The molecule has 9 heteroatoms. The number of benzene rings is 7. The van der Waals surface area contributed by atoms with Crippen molar-refractivity contribution >= 4 is 86.2 Å². The summed E-state index contributed by atoms with van der Waals surface area (Å²) in [6, 6.07) is 17.4. The average Bonchev–Trinajstić information content (AvgIpc) is 3.47. The summed E-state index contributed by atoms with van der Waals surface area (Å²) in [6.07, 6.45) is 3.11. The molecule has 0 radical (unpaired) electrons. The van der Waals surface area contributed by atoms with E-state index in [1.54, 1.807) is 36.4 Å². The van der Waals surface area contributed by atoms with Crippen LogP contribution in [0.2, 0.25) is 0 Å². The van der Waals surface area contributed by atoms with Gasteiger partial charge in [-0.3, -0.25) is 37.9 Å². The molecule has 3 heterocycles. The van der Waals surface area contributed by atoms with E-state index in [-0.39, 0.29) is 34.0 Å². The zero-order valence-electron chi connectivity index (χ0n) is 31.3. The molecule has 7 aromatic carbocycles. The fraction of sp³-hybridized carbons (Fsp3) is 0.261. The fourth-order valence-electron chi connectivity index (χ4n) is 10.0. The molecule has 0 aliphatic heterocycles. The van der Waals surface area contributed by atoms with Gasteiger partial charge in [-0.1, -0.05) is 58.9 Å². The Morgan fingerprint density at radius 3 is 1.13 bits per heavy atom. The van der Waals surface area contributed by atoms with Crippen LogP contribution in [0.3, 0.4) is 0 Å². The van der Waals surface area contributed by atoms with Gasteiger partial charge < -0.3 is 0 Å². The van der Waals surface area contributed by atoms with Gasteiger partial charge in [0.25, 0.3) is 33.4 Å². The first-order valence-electron chi connectivity index (χ1n) is 19.4. The van der Waals surface area contributed by atoms with Crippen molar-refractivity contribution in [3.05, 3.63) is 128 Å². The van der Waals surface area contributed by atoms with Crippen LogP contribution < -0.4 is 33.4 Å². The van der Waals surface area contributed by atoms with Crippen LogP contribution >= 0.6 is 0 Å². The lowest BCUT2D eigenvalue weighted by atomic mass is 9.81. The summed E-state index contributed by atoms with van der Waals surface area (Å²) in [4.78, 5) is 87.5. The maximum absolute atomic E-state index is 14.9. The van der Waals surface area contributed by atoms with Crippen LogP contribution in [0.15, 0.2) is 89.4 Å². The van der Waals surface area contributed by atoms with E-state index in [1.807, 2.05) is 58.9 Å². The van der Waals surface area contributed by atoms with Gasteiger partial charge >= 0.3 is 0 Å². The first kappa shape index (κ1) is 33.4. The number of rotatable bonds is 8. The van der Waals surface area contributed by atoms with Gasteiger partial charge in [-0.15, -0.1) is 0 Å². The maximum Gasteiger partial charge on any atom is 0.266 e. The van der Waals surface area contributed by atoms with Crippen molar-refractivity contribution in [3.8, 4) is 5.69 Å². The molecule has 0 aliphatic carbocycles. The van der Waals surface area contributed by atoms with Gasteiger partial charge in [-0.2, -0.15) is 0 Å². The number of aryl methyl sites for hydroxylation is 1. The van der Waals surface area contributed by atoms with Gasteiger partial charge in [-0.05, 0) is 117 Å². The molecule has 0 N–H and O–H groups in total. The van der Waals surface area contributed by atoms with Crippen LogP contribution in [0.25, 0.3) is 91.9 Å². The van der Waals surface area contributed by atoms with Crippen molar-refractivity contribution < 1.29 is 0 Å². The minimum absolute atomic E-state index is 0.155. The number of pyridine rings is 2. The second-order valence-electron chi connectivity index (χ2n) is 15.1. The molecule has 10 aromatic rings. The van der Waals surface area contributed by atoms with Crippen LogP contribution in [0.5, 0.6) is 0 Å². The van der Waals surface area contributed by atoms with Crippen molar-refractivity contribution in [3.63, 3.8) is 0 Å². The molecule has 0 saturated carbocycles. The van der Waals surface area contributed by atoms with Crippen LogP contribution in [0.4, 0.5) is 0 Å². The Balaban J connectivity index is 1.55. The molecule has 3 aromatic heterocycles. The lowest BCUT2D eigenvalue weighted by Crippen LogP contribution is -2.36. The predicted molar refractivity (Wildman–Crippen MR) is 224 cm³/mol. The molecular formula is C46H37N3O6. The first-order valence-corrected chi connectivity index (χ1v) is 19.4. The van der Waals surface area contributed by atoms with Gasteiger partial charge in [-0.25, -0.2) is 4.57 Å². The van der Waals surface area contributed by atoms with E-state index in [9.17, 15) is 28.8 Å². The molecule has 55 heavy (non-hydrogen) atoms. The molecule has 0 unspecified atom stereocenters. The topological polar surface area (TPSA) is 117 Å². The Bertz CT molecular complexity index is 3380. The highest BCUT2D eigenvalue weighted by Crippen LogP contribution is 2.50. The average molecular weight is 728 g/mol. The second-order valence-corrected chi connectivity index (χ2v) is 15.1. The van der Waals surface area contributed by atoms with Gasteiger partial charge in [0.05, 0.1) is 16.5 Å². The lowest BCUT2D eigenvalue weighted by Gasteiger charge is -2.23. The summed E-state index contributed by atoms with van der Waals surface area (Å²) >= 11 is 0. The SMILES string of the molecule is CCc1ccc(-n2c(=O)c3c4cc5c(=O)n(C(CC)CC)c(=O)c6ccc7c8ccc9c(=O)n(C(CC)CC)c(=O)c%10cc(c3c2=O)c(c8c9%10)c4c7c65)cc1. The van der Waals surface area contributed by atoms with Gasteiger partial charge in [0.15, 0.2) is 0 Å². The smallest absolute Gasteiger partial charge is 0.266 e. The third-order valence-corrected chi connectivity index (χ3v) is 12.7. The van der Waals surface area contributed by atoms with Crippen LogP contribution in [0, 0.1) is 0 Å². The van der Waals surface area contributed by atoms with E-state index < -0.39 is 22.2 Å². The largest absolute Gasteiger partial charge is 0.271 e. The lowest BCUT2D eigenvalue weighted by molar-refractivity contribution is 0.451. The van der Waals surface area contributed by atoms with Crippen molar-refractivity contribution in [2.75, 3.05) is 0 Å². The van der Waals surface area contributed by atoms with E-state index in [4.69, 9.17) is 0 Å². The summed E-state index contributed by atoms with van der Waals surface area (Å²) in [5.41, 5.74) is -1.19. The van der Waals surface area contributed by atoms with E-state index in [0.29, 0.717) is 96.0 Å². The molecule has 0 fully saturated rings. The molecule has 0 aliphatic rings. The van der Waals surface area contributed by atoms with E-state index in [2.05, 4.69) is 0 Å². The number of hydrogen-bond acceptors (Lipinski definition) is 6. The zero-order valence-corrected chi connectivity index (χ0v) is 31.3. The third-order valence-electron chi connectivity index (χ3n) is 12.7. The monoisotopic (exact) mass is 727 g/mol. The van der Waals surface area contributed by atoms with E-state index in [0.717, 1.165) is 22.8 Å². The maximum atomic E-state index is 14.9. The van der Waals surface area contributed by atoms with Crippen molar-refractivity contribution in [1.82, 2.24) is 13.7 Å².